The van der Waals surface area contributed by atoms with Crippen LogP contribution in [0.15, 0.2) is 59.6 Å². The number of hydrogen-bond acceptors (Lipinski definition) is 3. The summed E-state index contributed by atoms with van der Waals surface area (Å²) in [5.74, 6) is 1.95. The first kappa shape index (κ1) is 21.1. The Kier molecular flexibility index (Phi) is 9.76. The van der Waals surface area contributed by atoms with Gasteiger partial charge in [0, 0.05) is 13.6 Å². The molecule has 0 atom stereocenters. The van der Waals surface area contributed by atoms with Gasteiger partial charge in [-0.1, -0.05) is 30.3 Å². The lowest BCUT2D eigenvalue weighted by molar-refractivity contribution is 0.281. The van der Waals surface area contributed by atoms with Crippen molar-refractivity contribution in [1.82, 2.24) is 10.2 Å². The molecule has 0 aliphatic rings. The summed E-state index contributed by atoms with van der Waals surface area (Å²) in [5, 5.41) is 12.8. The van der Waals surface area contributed by atoms with Crippen LogP contribution in [0.2, 0.25) is 0 Å². The minimum absolute atomic E-state index is 0. The molecule has 0 radical (unpaired) electrons. The van der Waals surface area contributed by atoms with Gasteiger partial charge in [0.1, 0.15) is 18.1 Å². The lowest BCUT2D eigenvalue weighted by atomic mass is 10.2. The Morgan fingerprint density at radius 3 is 2.60 bits per heavy atom. The summed E-state index contributed by atoms with van der Waals surface area (Å²) in [5.41, 5.74) is 0.972. The SMILES string of the molecule is CCNC(=NCc1cccc(O)c1)N(C)CCOc1ccccc1.I. The molecule has 0 aromatic heterocycles. The summed E-state index contributed by atoms with van der Waals surface area (Å²) in [4.78, 5) is 6.65. The van der Waals surface area contributed by atoms with Gasteiger partial charge in [-0.25, -0.2) is 4.99 Å². The zero-order valence-electron chi connectivity index (χ0n) is 14.7. The Bertz CT molecular complexity index is 650. The molecule has 136 valence electrons. The Morgan fingerprint density at radius 2 is 1.92 bits per heavy atom. The van der Waals surface area contributed by atoms with Crippen molar-refractivity contribution in [3.05, 3.63) is 60.2 Å². The largest absolute Gasteiger partial charge is 0.508 e. The molecule has 0 unspecified atom stereocenters. The molecule has 0 heterocycles. The van der Waals surface area contributed by atoms with Gasteiger partial charge in [0.15, 0.2) is 5.96 Å². The molecule has 6 heteroatoms. The summed E-state index contributed by atoms with van der Waals surface area (Å²) in [6, 6.07) is 16.9. The van der Waals surface area contributed by atoms with E-state index in [0.717, 1.165) is 30.4 Å². The van der Waals surface area contributed by atoms with Gasteiger partial charge in [-0.05, 0) is 36.8 Å². The monoisotopic (exact) mass is 455 g/mol. The molecule has 0 fully saturated rings. The second-order valence-electron chi connectivity index (χ2n) is 5.42. The van der Waals surface area contributed by atoms with Crippen LogP contribution in [0.25, 0.3) is 0 Å². The van der Waals surface area contributed by atoms with Gasteiger partial charge in [-0.2, -0.15) is 0 Å². The zero-order chi connectivity index (χ0) is 17.2. The first-order valence-corrected chi connectivity index (χ1v) is 8.14. The van der Waals surface area contributed by atoms with Gasteiger partial charge >= 0.3 is 0 Å². The number of benzene rings is 2. The quantitative estimate of drug-likeness (QED) is 0.382. The van der Waals surface area contributed by atoms with Crippen LogP contribution in [0.4, 0.5) is 0 Å². The van der Waals surface area contributed by atoms with Gasteiger partial charge < -0.3 is 20.1 Å². The number of guanidine groups is 1. The van der Waals surface area contributed by atoms with Crippen molar-refractivity contribution in [3.63, 3.8) is 0 Å². The Balaban J connectivity index is 0.00000312. The molecule has 2 rings (SSSR count). The maximum Gasteiger partial charge on any atom is 0.194 e. The molecule has 0 aliphatic heterocycles. The highest BCUT2D eigenvalue weighted by molar-refractivity contribution is 14.0. The van der Waals surface area contributed by atoms with E-state index in [0.29, 0.717) is 13.2 Å². The van der Waals surface area contributed by atoms with Gasteiger partial charge in [0.2, 0.25) is 0 Å². The molecule has 0 spiro atoms. The molecule has 2 aromatic carbocycles. The number of halogens is 1. The van der Waals surface area contributed by atoms with Crippen LogP contribution in [0.1, 0.15) is 12.5 Å². The van der Waals surface area contributed by atoms with Crippen LogP contribution in [-0.4, -0.2) is 42.7 Å². The van der Waals surface area contributed by atoms with E-state index in [9.17, 15) is 5.11 Å². The molecule has 0 aliphatic carbocycles. The average Bonchev–Trinajstić information content (AvgIpc) is 2.59. The van der Waals surface area contributed by atoms with Crippen molar-refractivity contribution < 1.29 is 9.84 Å². The number of hydrogen-bond donors (Lipinski definition) is 2. The molecule has 25 heavy (non-hydrogen) atoms. The number of phenolic OH excluding ortho intramolecular Hbond substituents is 1. The van der Waals surface area contributed by atoms with Gasteiger partial charge in [-0.15, -0.1) is 24.0 Å². The molecule has 2 N–H and O–H groups in total. The fraction of sp³-hybridized carbons (Fsp3) is 0.316. The van der Waals surface area contributed by atoms with E-state index in [1.807, 2.05) is 61.3 Å². The van der Waals surface area contributed by atoms with E-state index in [-0.39, 0.29) is 29.7 Å². The maximum absolute atomic E-state index is 9.52. The fourth-order valence-electron chi connectivity index (χ4n) is 2.21. The highest BCUT2D eigenvalue weighted by atomic mass is 127. The Hall–Kier alpha value is -1.96. The number of aliphatic imine (C=N–C) groups is 1. The second-order valence-corrected chi connectivity index (χ2v) is 5.42. The third-order valence-corrected chi connectivity index (χ3v) is 3.46. The molecule has 0 saturated carbocycles. The molecule has 0 amide bonds. The van der Waals surface area contributed by atoms with Crippen LogP contribution in [-0.2, 0) is 6.54 Å². The van der Waals surface area contributed by atoms with E-state index in [4.69, 9.17) is 4.74 Å². The number of nitrogens with one attached hydrogen (secondary N) is 1. The van der Waals surface area contributed by atoms with Crippen molar-refractivity contribution in [2.45, 2.75) is 13.5 Å². The predicted octanol–water partition coefficient (Wildman–Crippen LogP) is 3.49. The zero-order valence-corrected chi connectivity index (χ0v) is 17.0. The van der Waals surface area contributed by atoms with Crippen molar-refractivity contribution in [1.29, 1.82) is 0 Å². The van der Waals surface area contributed by atoms with Gasteiger partial charge in [0.25, 0.3) is 0 Å². The number of nitrogens with zero attached hydrogens (tertiary/aromatic N) is 2. The number of rotatable bonds is 7. The third kappa shape index (κ3) is 7.64. The van der Waals surface area contributed by atoms with Crippen LogP contribution in [0.5, 0.6) is 11.5 Å². The molecule has 0 bridgehead atoms. The highest BCUT2D eigenvalue weighted by Crippen LogP contribution is 2.12. The standard InChI is InChI=1S/C19H25N3O2.HI/c1-3-20-19(21-15-16-8-7-9-17(23)14-16)22(2)12-13-24-18-10-5-4-6-11-18;/h4-11,14,23H,3,12-13,15H2,1-2H3,(H,20,21);1H. The summed E-state index contributed by atoms with van der Waals surface area (Å²) in [6.45, 7) is 4.65. The second kappa shape index (κ2) is 11.6. The van der Waals surface area contributed by atoms with E-state index in [1.54, 1.807) is 12.1 Å². The van der Waals surface area contributed by atoms with Gasteiger partial charge in [0.05, 0.1) is 13.1 Å². The fourth-order valence-corrected chi connectivity index (χ4v) is 2.21. The topological polar surface area (TPSA) is 57.1 Å². The van der Waals surface area contributed by atoms with Crippen LogP contribution in [0.3, 0.4) is 0 Å². The normalized spacial score (nSPS) is 10.7. The lowest BCUT2D eigenvalue weighted by Crippen LogP contribution is -2.40. The van der Waals surface area contributed by atoms with Crippen LogP contribution >= 0.6 is 24.0 Å². The Morgan fingerprint density at radius 1 is 1.16 bits per heavy atom. The maximum atomic E-state index is 9.52. The van der Waals surface area contributed by atoms with E-state index in [2.05, 4.69) is 10.3 Å². The Labute approximate surface area is 166 Å². The average molecular weight is 455 g/mol. The van der Waals surface area contributed by atoms with Crippen molar-refractivity contribution in [3.8, 4) is 11.5 Å². The van der Waals surface area contributed by atoms with Crippen LogP contribution in [0, 0.1) is 0 Å². The minimum atomic E-state index is 0. The van der Waals surface area contributed by atoms with E-state index >= 15 is 0 Å². The van der Waals surface area contributed by atoms with Crippen molar-refractivity contribution in [2.75, 3.05) is 26.7 Å². The summed E-state index contributed by atoms with van der Waals surface area (Å²) >= 11 is 0. The third-order valence-electron chi connectivity index (χ3n) is 3.46. The summed E-state index contributed by atoms with van der Waals surface area (Å²) in [7, 11) is 1.98. The van der Waals surface area contributed by atoms with E-state index in [1.165, 1.54) is 0 Å². The first-order chi connectivity index (χ1) is 11.7. The number of aromatic hydroxyl groups is 1. The summed E-state index contributed by atoms with van der Waals surface area (Å²) < 4.78 is 5.73. The lowest BCUT2D eigenvalue weighted by Gasteiger charge is -2.22. The van der Waals surface area contributed by atoms with Gasteiger partial charge in [-0.3, -0.25) is 0 Å². The predicted molar refractivity (Wildman–Crippen MR) is 113 cm³/mol. The molecule has 2 aromatic rings. The van der Waals surface area contributed by atoms with Crippen LogP contribution < -0.4 is 10.1 Å². The minimum Gasteiger partial charge on any atom is -0.508 e. The number of ether oxygens (including phenoxy) is 1. The number of para-hydroxylation sites is 1. The smallest absolute Gasteiger partial charge is 0.194 e. The first-order valence-electron chi connectivity index (χ1n) is 8.14. The summed E-state index contributed by atoms with van der Waals surface area (Å²) in [6.07, 6.45) is 0. The van der Waals surface area contributed by atoms with E-state index < -0.39 is 0 Å². The molecular weight excluding hydrogens is 429 g/mol. The molecule has 0 saturated heterocycles. The van der Waals surface area contributed by atoms with Crippen molar-refractivity contribution in [2.24, 2.45) is 4.99 Å². The van der Waals surface area contributed by atoms with Crippen molar-refractivity contribution >= 4 is 29.9 Å². The highest BCUT2D eigenvalue weighted by Gasteiger charge is 2.06. The molecule has 5 nitrogen and oxygen atoms in total. The number of likely N-dealkylation sites (N-methyl/N-ethyl adjacent to an activating group) is 1. The molecular formula is C19H26IN3O2. The number of phenols is 1.